The van der Waals surface area contributed by atoms with Gasteiger partial charge in [-0.3, -0.25) is 9.59 Å². The summed E-state index contributed by atoms with van der Waals surface area (Å²) in [5, 5.41) is 2.62. The van der Waals surface area contributed by atoms with Crippen molar-refractivity contribution < 1.29 is 14.3 Å². The van der Waals surface area contributed by atoms with E-state index in [1.165, 1.54) is 6.92 Å². The molecule has 0 spiro atoms. The van der Waals surface area contributed by atoms with Crippen LogP contribution >= 0.6 is 0 Å². The highest BCUT2D eigenvalue weighted by atomic mass is 16.5. The van der Waals surface area contributed by atoms with Crippen LogP contribution in [-0.4, -0.2) is 31.4 Å². The van der Waals surface area contributed by atoms with Crippen molar-refractivity contribution in [2.75, 3.05) is 19.8 Å². The molecular weight excluding hydrogens is 194 g/mol. The Labute approximate surface area is 91.4 Å². The maximum Gasteiger partial charge on any atom is 0.216 e. The van der Waals surface area contributed by atoms with Gasteiger partial charge in [0.2, 0.25) is 5.91 Å². The van der Waals surface area contributed by atoms with E-state index in [0.717, 1.165) is 0 Å². The van der Waals surface area contributed by atoms with Crippen LogP contribution in [0.1, 0.15) is 34.1 Å². The molecule has 4 heteroatoms. The summed E-state index contributed by atoms with van der Waals surface area (Å²) in [5.41, 5.74) is -0.291. The minimum atomic E-state index is -0.291. The first-order valence-corrected chi connectivity index (χ1v) is 5.19. The molecule has 0 aromatic rings. The van der Waals surface area contributed by atoms with Crippen molar-refractivity contribution >= 4 is 11.7 Å². The normalized spacial score (nSPS) is 11.2. The molecule has 0 atom stereocenters. The second-order valence-electron chi connectivity index (χ2n) is 4.52. The number of hydrogen-bond donors (Lipinski definition) is 1. The molecule has 0 saturated carbocycles. The number of rotatable bonds is 6. The van der Waals surface area contributed by atoms with Crippen LogP contribution in [0.3, 0.4) is 0 Å². The number of hydrogen-bond acceptors (Lipinski definition) is 3. The molecular formula is C11H21NO3. The van der Waals surface area contributed by atoms with E-state index in [4.69, 9.17) is 4.74 Å². The number of amides is 1. The molecule has 0 aromatic carbocycles. The quantitative estimate of drug-likeness (QED) is 0.676. The first-order valence-electron chi connectivity index (χ1n) is 5.19. The molecule has 0 rings (SSSR count). The van der Waals surface area contributed by atoms with Crippen molar-refractivity contribution in [1.82, 2.24) is 5.32 Å². The van der Waals surface area contributed by atoms with Crippen LogP contribution in [0.4, 0.5) is 0 Å². The fourth-order valence-electron chi connectivity index (χ4n) is 0.941. The standard InChI is InChI=1S/C11H21NO3/c1-9(13)12-6-8-15-7-5-10(14)11(2,3)4/h5-8H2,1-4H3,(H,12,13). The maximum absolute atomic E-state index is 11.5. The van der Waals surface area contributed by atoms with Crippen molar-refractivity contribution in [1.29, 1.82) is 0 Å². The van der Waals surface area contributed by atoms with Crippen molar-refractivity contribution in [2.45, 2.75) is 34.1 Å². The molecule has 0 unspecified atom stereocenters. The first-order chi connectivity index (χ1) is 6.84. The van der Waals surface area contributed by atoms with Gasteiger partial charge in [0.05, 0.1) is 13.2 Å². The Hall–Kier alpha value is -0.900. The number of Topliss-reactive ketones (excluding diaryl/α,β-unsaturated/α-hetero) is 1. The van der Waals surface area contributed by atoms with Gasteiger partial charge in [0.25, 0.3) is 0 Å². The van der Waals surface area contributed by atoms with Crippen LogP contribution in [-0.2, 0) is 14.3 Å². The Morgan fingerprint density at radius 1 is 1.20 bits per heavy atom. The number of ketones is 1. The molecule has 0 aliphatic carbocycles. The fraction of sp³-hybridized carbons (Fsp3) is 0.818. The highest BCUT2D eigenvalue weighted by molar-refractivity contribution is 5.83. The molecule has 1 N–H and O–H groups in total. The molecule has 0 aliphatic heterocycles. The summed E-state index contributed by atoms with van der Waals surface area (Å²) in [7, 11) is 0. The van der Waals surface area contributed by atoms with E-state index in [0.29, 0.717) is 26.2 Å². The summed E-state index contributed by atoms with van der Waals surface area (Å²) in [6.45, 7) is 8.53. The average Bonchev–Trinajstić information content (AvgIpc) is 2.08. The summed E-state index contributed by atoms with van der Waals surface area (Å²) in [5.74, 6) is 0.131. The van der Waals surface area contributed by atoms with Crippen LogP contribution in [0.25, 0.3) is 0 Å². The smallest absolute Gasteiger partial charge is 0.216 e. The summed E-state index contributed by atoms with van der Waals surface area (Å²) in [4.78, 5) is 22.0. The van der Waals surface area contributed by atoms with Crippen LogP contribution in [0, 0.1) is 5.41 Å². The van der Waals surface area contributed by atoms with E-state index >= 15 is 0 Å². The van der Waals surface area contributed by atoms with E-state index in [1.807, 2.05) is 20.8 Å². The number of carbonyl (C=O) groups excluding carboxylic acids is 2. The Morgan fingerprint density at radius 3 is 2.27 bits per heavy atom. The van der Waals surface area contributed by atoms with Gasteiger partial charge in [0.15, 0.2) is 0 Å². The molecule has 0 saturated heterocycles. The highest BCUT2D eigenvalue weighted by Gasteiger charge is 2.20. The largest absolute Gasteiger partial charge is 0.379 e. The third-order valence-corrected chi connectivity index (χ3v) is 1.93. The SMILES string of the molecule is CC(=O)NCCOCCC(=O)C(C)(C)C. The fourth-order valence-corrected chi connectivity index (χ4v) is 0.941. The Morgan fingerprint density at radius 2 is 1.80 bits per heavy atom. The minimum Gasteiger partial charge on any atom is -0.379 e. The lowest BCUT2D eigenvalue weighted by Gasteiger charge is -2.16. The van der Waals surface area contributed by atoms with Gasteiger partial charge in [-0.25, -0.2) is 0 Å². The Bertz CT molecular complexity index is 218. The predicted octanol–water partition coefficient (Wildman–Crippen LogP) is 1.14. The molecule has 0 radical (unpaired) electrons. The van der Waals surface area contributed by atoms with Crippen molar-refractivity contribution in [3.05, 3.63) is 0 Å². The molecule has 15 heavy (non-hydrogen) atoms. The third-order valence-electron chi connectivity index (χ3n) is 1.93. The van der Waals surface area contributed by atoms with Crippen molar-refractivity contribution in [3.63, 3.8) is 0 Å². The van der Waals surface area contributed by atoms with Crippen LogP contribution in [0.15, 0.2) is 0 Å². The molecule has 0 bridgehead atoms. The lowest BCUT2D eigenvalue weighted by molar-refractivity contribution is -0.127. The summed E-state index contributed by atoms with van der Waals surface area (Å²) in [6.07, 6.45) is 0.434. The Balaban J connectivity index is 3.40. The van der Waals surface area contributed by atoms with Crippen LogP contribution in [0.2, 0.25) is 0 Å². The molecule has 0 aromatic heterocycles. The minimum absolute atomic E-state index is 0.0654. The topological polar surface area (TPSA) is 55.4 Å². The van der Waals surface area contributed by atoms with Gasteiger partial charge < -0.3 is 10.1 Å². The van der Waals surface area contributed by atoms with E-state index in [9.17, 15) is 9.59 Å². The molecule has 0 fully saturated rings. The zero-order valence-corrected chi connectivity index (χ0v) is 10.1. The molecule has 88 valence electrons. The van der Waals surface area contributed by atoms with Crippen LogP contribution in [0.5, 0.6) is 0 Å². The van der Waals surface area contributed by atoms with E-state index < -0.39 is 0 Å². The van der Waals surface area contributed by atoms with Crippen molar-refractivity contribution in [2.24, 2.45) is 5.41 Å². The zero-order valence-electron chi connectivity index (χ0n) is 10.1. The van der Waals surface area contributed by atoms with Crippen LogP contribution < -0.4 is 5.32 Å². The predicted molar refractivity (Wildman–Crippen MR) is 58.6 cm³/mol. The van der Waals surface area contributed by atoms with E-state index in [-0.39, 0.29) is 17.1 Å². The summed E-state index contributed by atoms with van der Waals surface area (Å²) >= 11 is 0. The first kappa shape index (κ1) is 14.1. The second-order valence-corrected chi connectivity index (χ2v) is 4.52. The van der Waals surface area contributed by atoms with Crippen molar-refractivity contribution in [3.8, 4) is 0 Å². The number of ether oxygens (including phenoxy) is 1. The Kier molecular flexibility index (Phi) is 6.17. The molecule has 4 nitrogen and oxygen atoms in total. The average molecular weight is 215 g/mol. The van der Waals surface area contributed by atoms with E-state index in [1.54, 1.807) is 0 Å². The van der Waals surface area contributed by atoms with Gasteiger partial charge in [-0.15, -0.1) is 0 Å². The van der Waals surface area contributed by atoms with E-state index in [2.05, 4.69) is 5.32 Å². The lowest BCUT2D eigenvalue weighted by atomic mass is 9.89. The molecule has 1 amide bonds. The highest BCUT2D eigenvalue weighted by Crippen LogP contribution is 2.16. The van der Waals surface area contributed by atoms with Gasteiger partial charge in [0, 0.05) is 25.3 Å². The second kappa shape index (κ2) is 6.56. The number of carbonyl (C=O) groups is 2. The molecule has 0 aliphatic rings. The third kappa shape index (κ3) is 8.12. The molecule has 0 heterocycles. The number of nitrogens with one attached hydrogen (secondary N) is 1. The maximum atomic E-state index is 11.5. The van der Waals surface area contributed by atoms with Gasteiger partial charge in [-0.05, 0) is 0 Å². The lowest BCUT2D eigenvalue weighted by Crippen LogP contribution is -2.25. The van der Waals surface area contributed by atoms with Gasteiger partial charge >= 0.3 is 0 Å². The van der Waals surface area contributed by atoms with Gasteiger partial charge in [-0.2, -0.15) is 0 Å². The monoisotopic (exact) mass is 215 g/mol. The van der Waals surface area contributed by atoms with Gasteiger partial charge in [-0.1, -0.05) is 20.8 Å². The zero-order chi connectivity index (χ0) is 11.9. The summed E-state index contributed by atoms with van der Waals surface area (Å²) < 4.78 is 5.21. The van der Waals surface area contributed by atoms with Gasteiger partial charge in [0.1, 0.15) is 5.78 Å². The summed E-state index contributed by atoms with van der Waals surface area (Å²) in [6, 6.07) is 0.